The predicted molar refractivity (Wildman–Crippen MR) is 88.5 cm³/mol. The molecule has 0 spiro atoms. The summed E-state index contributed by atoms with van der Waals surface area (Å²) in [5.41, 5.74) is 1.59. The van der Waals surface area contributed by atoms with Gasteiger partial charge in [0.2, 0.25) is 0 Å². The first-order valence-electron chi connectivity index (χ1n) is 7.55. The number of imidazole rings is 1. The largest absolute Gasteiger partial charge is 0.464 e. The standard InChI is InChI=1S/C18H13F3N2O3/c1-9-4-3-5-10(2)14(9)16-22-12-7-6-11(15(24)18(19,20)21)8-13(12)23(16)17(25)26/h3-8H,1-2H3,(H,25,26). The lowest BCUT2D eigenvalue weighted by atomic mass is 10.0. The van der Waals surface area contributed by atoms with Crippen molar-refractivity contribution in [1.29, 1.82) is 0 Å². The van der Waals surface area contributed by atoms with Crippen LogP contribution < -0.4 is 0 Å². The predicted octanol–water partition coefficient (Wildman–Crippen LogP) is 4.59. The minimum absolute atomic E-state index is 0.0785. The molecule has 2 aromatic carbocycles. The molecule has 134 valence electrons. The lowest BCUT2D eigenvalue weighted by Crippen LogP contribution is -2.22. The minimum atomic E-state index is -5.04. The van der Waals surface area contributed by atoms with E-state index >= 15 is 0 Å². The summed E-state index contributed by atoms with van der Waals surface area (Å²) < 4.78 is 38.8. The molecule has 0 saturated carbocycles. The SMILES string of the molecule is Cc1cccc(C)c1-c1nc2ccc(C(=O)C(F)(F)F)cc2n1C(=O)O. The molecule has 0 unspecified atom stereocenters. The van der Waals surface area contributed by atoms with E-state index in [0.717, 1.165) is 27.8 Å². The molecule has 8 heteroatoms. The number of halogens is 3. The zero-order chi connectivity index (χ0) is 19.2. The zero-order valence-corrected chi connectivity index (χ0v) is 13.8. The van der Waals surface area contributed by atoms with E-state index in [2.05, 4.69) is 4.98 Å². The van der Waals surface area contributed by atoms with Gasteiger partial charge >= 0.3 is 12.3 Å². The third kappa shape index (κ3) is 2.83. The number of alkyl halides is 3. The number of rotatable bonds is 2. The Hall–Kier alpha value is -3.16. The molecule has 5 nitrogen and oxygen atoms in total. The molecule has 0 aliphatic carbocycles. The van der Waals surface area contributed by atoms with Crippen molar-refractivity contribution in [2.45, 2.75) is 20.0 Å². The average molecular weight is 362 g/mol. The first-order chi connectivity index (χ1) is 12.1. The molecule has 1 N–H and O–H groups in total. The highest BCUT2D eigenvalue weighted by atomic mass is 19.4. The Morgan fingerprint density at radius 2 is 1.69 bits per heavy atom. The summed E-state index contributed by atoms with van der Waals surface area (Å²) in [5, 5.41) is 9.60. The molecule has 26 heavy (non-hydrogen) atoms. The number of hydrogen-bond acceptors (Lipinski definition) is 3. The van der Waals surface area contributed by atoms with Gasteiger partial charge in [0.25, 0.3) is 5.78 Å². The van der Waals surface area contributed by atoms with Gasteiger partial charge in [-0.3, -0.25) is 4.79 Å². The second-order valence-corrected chi connectivity index (χ2v) is 5.85. The van der Waals surface area contributed by atoms with Gasteiger partial charge in [0.1, 0.15) is 0 Å². The van der Waals surface area contributed by atoms with E-state index in [1.807, 2.05) is 6.07 Å². The highest BCUT2D eigenvalue weighted by Crippen LogP contribution is 2.31. The van der Waals surface area contributed by atoms with Crippen LogP contribution >= 0.6 is 0 Å². The third-order valence-corrected chi connectivity index (χ3v) is 4.07. The van der Waals surface area contributed by atoms with Crippen molar-refractivity contribution in [1.82, 2.24) is 9.55 Å². The van der Waals surface area contributed by atoms with Crippen molar-refractivity contribution in [3.05, 3.63) is 53.1 Å². The molecular formula is C18H13F3N2O3. The van der Waals surface area contributed by atoms with Gasteiger partial charge in [-0.1, -0.05) is 18.2 Å². The second kappa shape index (κ2) is 5.98. The molecule has 1 aromatic heterocycles. The average Bonchev–Trinajstić information content (AvgIpc) is 2.91. The van der Waals surface area contributed by atoms with Crippen molar-refractivity contribution < 1.29 is 27.9 Å². The van der Waals surface area contributed by atoms with Crippen LogP contribution in [0.2, 0.25) is 0 Å². The van der Waals surface area contributed by atoms with Crippen molar-refractivity contribution in [2.75, 3.05) is 0 Å². The number of aryl methyl sites for hydroxylation is 2. The Morgan fingerprint density at radius 3 is 2.23 bits per heavy atom. The molecule has 0 radical (unpaired) electrons. The molecule has 0 bridgehead atoms. The van der Waals surface area contributed by atoms with Crippen LogP contribution in [0.25, 0.3) is 22.4 Å². The maximum atomic E-state index is 12.7. The first kappa shape index (κ1) is 17.7. The summed E-state index contributed by atoms with van der Waals surface area (Å²) in [5.74, 6) is -1.94. The van der Waals surface area contributed by atoms with E-state index < -0.39 is 23.6 Å². The number of carbonyl (C=O) groups is 2. The summed E-state index contributed by atoms with van der Waals surface area (Å²) in [6.07, 6.45) is -6.45. The lowest BCUT2D eigenvalue weighted by molar-refractivity contribution is -0.0885. The molecule has 0 saturated heterocycles. The van der Waals surface area contributed by atoms with Crippen LogP contribution in [-0.4, -0.2) is 32.7 Å². The van der Waals surface area contributed by atoms with E-state index in [1.54, 1.807) is 26.0 Å². The highest BCUT2D eigenvalue weighted by molar-refractivity contribution is 6.03. The second-order valence-electron chi connectivity index (χ2n) is 5.85. The van der Waals surface area contributed by atoms with Crippen molar-refractivity contribution in [2.24, 2.45) is 0 Å². The van der Waals surface area contributed by atoms with Gasteiger partial charge in [-0.05, 0) is 43.2 Å². The monoisotopic (exact) mass is 362 g/mol. The molecule has 3 aromatic rings. The van der Waals surface area contributed by atoms with Gasteiger partial charge in [0.05, 0.1) is 11.0 Å². The number of fused-ring (bicyclic) bond motifs is 1. The number of ketones is 1. The van der Waals surface area contributed by atoms with Crippen LogP contribution in [0.1, 0.15) is 21.5 Å². The van der Waals surface area contributed by atoms with Gasteiger partial charge in [-0.15, -0.1) is 0 Å². The zero-order valence-electron chi connectivity index (χ0n) is 13.8. The van der Waals surface area contributed by atoms with Crippen LogP contribution in [0.15, 0.2) is 36.4 Å². The van der Waals surface area contributed by atoms with Gasteiger partial charge < -0.3 is 5.11 Å². The number of hydrogen-bond donors (Lipinski definition) is 1. The molecule has 3 rings (SSSR count). The topological polar surface area (TPSA) is 72.2 Å². The minimum Gasteiger partial charge on any atom is -0.464 e. The molecule has 0 atom stereocenters. The van der Waals surface area contributed by atoms with E-state index in [4.69, 9.17) is 0 Å². The Morgan fingerprint density at radius 1 is 1.08 bits per heavy atom. The van der Waals surface area contributed by atoms with Crippen LogP contribution in [0.4, 0.5) is 18.0 Å². The summed E-state index contributed by atoms with van der Waals surface area (Å²) >= 11 is 0. The van der Waals surface area contributed by atoms with Gasteiger partial charge in [0, 0.05) is 11.1 Å². The number of aromatic nitrogens is 2. The number of nitrogens with zero attached hydrogens (tertiary/aromatic N) is 2. The maximum absolute atomic E-state index is 12.7. The Labute approximate surface area is 145 Å². The third-order valence-electron chi connectivity index (χ3n) is 4.07. The summed E-state index contributed by atoms with van der Waals surface area (Å²) in [4.78, 5) is 27.5. The van der Waals surface area contributed by atoms with Crippen LogP contribution in [0.3, 0.4) is 0 Å². The summed E-state index contributed by atoms with van der Waals surface area (Å²) in [6, 6.07) is 8.49. The van der Waals surface area contributed by atoms with Crippen LogP contribution in [0, 0.1) is 13.8 Å². The summed E-state index contributed by atoms with van der Waals surface area (Å²) in [6.45, 7) is 3.57. The van der Waals surface area contributed by atoms with Crippen molar-refractivity contribution in [3.63, 3.8) is 0 Å². The number of Topliss-reactive ketones (excluding diaryl/α,β-unsaturated/α-hetero) is 1. The smallest absolute Gasteiger partial charge is 0.454 e. The lowest BCUT2D eigenvalue weighted by Gasteiger charge is -2.10. The quantitative estimate of drug-likeness (QED) is 0.677. The molecule has 0 aliphatic heterocycles. The molecule has 0 aliphatic rings. The Bertz CT molecular complexity index is 1030. The van der Waals surface area contributed by atoms with Gasteiger partial charge in [0.15, 0.2) is 5.82 Å². The van der Waals surface area contributed by atoms with E-state index in [1.165, 1.54) is 6.07 Å². The fraction of sp³-hybridized carbons (Fsp3) is 0.167. The fourth-order valence-electron chi connectivity index (χ4n) is 2.91. The fourth-order valence-corrected chi connectivity index (χ4v) is 2.91. The van der Waals surface area contributed by atoms with Crippen molar-refractivity contribution >= 4 is 22.9 Å². The molecule has 0 amide bonds. The van der Waals surface area contributed by atoms with Crippen LogP contribution in [-0.2, 0) is 0 Å². The van der Waals surface area contributed by atoms with Crippen molar-refractivity contribution in [3.8, 4) is 11.4 Å². The van der Waals surface area contributed by atoms with E-state index in [-0.39, 0.29) is 16.9 Å². The molecule has 0 fully saturated rings. The van der Waals surface area contributed by atoms with Gasteiger partial charge in [-0.25, -0.2) is 14.3 Å². The molecule has 1 heterocycles. The number of carbonyl (C=O) groups excluding carboxylic acids is 1. The Balaban J connectivity index is 2.32. The van der Waals surface area contributed by atoms with Gasteiger partial charge in [-0.2, -0.15) is 13.2 Å². The Kier molecular flexibility index (Phi) is 4.06. The first-order valence-corrected chi connectivity index (χ1v) is 7.55. The normalized spacial score (nSPS) is 11.7. The number of benzene rings is 2. The maximum Gasteiger partial charge on any atom is 0.454 e. The van der Waals surface area contributed by atoms with E-state index in [9.17, 15) is 27.9 Å². The number of carboxylic acid groups (broad SMARTS) is 1. The molecular weight excluding hydrogens is 349 g/mol. The summed E-state index contributed by atoms with van der Waals surface area (Å²) in [7, 11) is 0. The van der Waals surface area contributed by atoms with E-state index in [0.29, 0.717) is 5.56 Å². The highest BCUT2D eigenvalue weighted by Gasteiger charge is 2.39. The van der Waals surface area contributed by atoms with Crippen LogP contribution in [0.5, 0.6) is 0 Å².